The van der Waals surface area contributed by atoms with E-state index in [0.717, 1.165) is 0 Å². The van der Waals surface area contributed by atoms with Crippen molar-refractivity contribution in [2.75, 3.05) is 0 Å². The van der Waals surface area contributed by atoms with Gasteiger partial charge in [-0.1, -0.05) is 97.9 Å². The van der Waals surface area contributed by atoms with Crippen LogP contribution >= 0.6 is 0 Å². The molecule has 8 heteroatoms. The summed E-state index contributed by atoms with van der Waals surface area (Å²) in [7, 11) is 0. The number of carbonyl (C=O) groups excluding carboxylic acids is 4. The Labute approximate surface area is 237 Å². The highest BCUT2D eigenvalue weighted by molar-refractivity contribution is 6.13. The van der Waals surface area contributed by atoms with Crippen molar-refractivity contribution in [1.29, 1.82) is 0 Å². The van der Waals surface area contributed by atoms with Crippen LogP contribution in [0.2, 0.25) is 0 Å². The number of ketones is 2. The van der Waals surface area contributed by atoms with Crippen molar-refractivity contribution in [1.82, 2.24) is 0 Å². The van der Waals surface area contributed by atoms with Gasteiger partial charge in [0, 0.05) is 23.1 Å². The van der Waals surface area contributed by atoms with E-state index in [2.05, 4.69) is 4.99 Å². The SMILES string of the molecule is CCC(=O)OC(=O)C(Cc1cccc(N=C(N)N)c1C(=O)c1ccccc1)c1cccc(C(=O)c2ccccc2)c1. The van der Waals surface area contributed by atoms with Crippen LogP contribution in [0.1, 0.15) is 62.2 Å². The van der Waals surface area contributed by atoms with Crippen LogP contribution in [0.4, 0.5) is 5.69 Å². The summed E-state index contributed by atoms with van der Waals surface area (Å²) >= 11 is 0. The molecule has 0 amide bonds. The van der Waals surface area contributed by atoms with Gasteiger partial charge in [0.05, 0.1) is 17.2 Å². The molecule has 0 saturated heterocycles. The molecular weight excluding hydrogens is 518 g/mol. The molecule has 0 spiro atoms. The maximum absolute atomic E-state index is 13.7. The lowest BCUT2D eigenvalue weighted by Gasteiger charge is -2.19. The zero-order valence-electron chi connectivity index (χ0n) is 22.4. The number of benzene rings is 4. The number of aliphatic imine (C=N–C) groups is 1. The molecule has 1 atom stereocenters. The van der Waals surface area contributed by atoms with E-state index in [9.17, 15) is 19.2 Å². The first-order valence-corrected chi connectivity index (χ1v) is 13.0. The average Bonchev–Trinajstić information content (AvgIpc) is 2.99. The van der Waals surface area contributed by atoms with Crippen LogP contribution in [0.5, 0.6) is 0 Å². The Morgan fingerprint density at radius 1 is 0.732 bits per heavy atom. The average molecular weight is 548 g/mol. The number of nitrogens with zero attached hydrogens (tertiary/aromatic N) is 1. The van der Waals surface area contributed by atoms with Gasteiger partial charge in [0.15, 0.2) is 17.5 Å². The molecule has 8 nitrogen and oxygen atoms in total. The van der Waals surface area contributed by atoms with Gasteiger partial charge in [0.25, 0.3) is 0 Å². The van der Waals surface area contributed by atoms with Crippen molar-refractivity contribution >= 4 is 35.2 Å². The molecule has 0 bridgehead atoms. The Balaban J connectivity index is 1.82. The van der Waals surface area contributed by atoms with Crippen molar-refractivity contribution in [3.8, 4) is 0 Å². The van der Waals surface area contributed by atoms with Gasteiger partial charge in [-0.2, -0.15) is 0 Å². The predicted octanol–water partition coefficient (Wildman–Crippen LogP) is 4.86. The zero-order chi connectivity index (χ0) is 29.4. The maximum Gasteiger partial charge on any atom is 0.321 e. The monoisotopic (exact) mass is 547 g/mol. The second kappa shape index (κ2) is 13.1. The van der Waals surface area contributed by atoms with Crippen molar-refractivity contribution in [2.45, 2.75) is 25.7 Å². The standard InChI is InChI=1S/C33H29N3O5/c1-2-28(37)41-32(40)26(23-15-9-17-25(19-23)30(38)21-11-5-3-6-12-21)20-24-16-10-18-27(36-33(34)35)29(24)31(39)22-13-7-4-8-14-22/h3-19,26H,2,20H2,1H3,(H4,34,35,36). The smallest absolute Gasteiger partial charge is 0.321 e. The van der Waals surface area contributed by atoms with Crippen LogP contribution < -0.4 is 11.5 Å². The van der Waals surface area contributed by atoms with E-state index in [1.54, 1.807) is 104 Å². The van der Waals surface area contributed by atoms with Gasteiger partial charge in [-0.15, -0.1) is 0 Å². The van der Waals surface area contributed by atoms with E-state index in [4.69, 9.17) is 16.2 Å². The summed E-state index contributed by atoms with van der Waals surface area (Å²) in [5.74, 6) is -3.31. The van der Waals surface area contributed by atoms with E-state index < -0.39 is 17.9 Å². The highest BCUT2D eigenvalue weighted by Gasteiger charge is 2.29. The summed E-state index contributed by atoms with van der Waals surface area (Å²) in [6.07, 6.45) is -0.0245. The number of hydrogen-bond acceptors (Lipinski definition) is 6. The Hall–Kier alpha value is -5.37. The second-order valence-electron chi connectivity index (χ2n) is 9.27. The number of carbonyl (C=O) groups is 4. The highest BCUT2D eigenvalue weighted by atomic mass is 16.6. The fourth-order valence-electron chi connectivity index (χ4n) is 4.45. The van der Waals surface area contributed by atoms with Gasteiger partial charge in [0.1, 0.15) is 0 Å². The molecule has 4 aromatic carbocycles. The van der Waals surface area contributed by atoms with Gasteiger partial charge >= 0.3 is 11.9 Å². The normalized spacial score (nSPS) is 11.2. The van der Waals surface area contributed by atoms with Gasteiger partial charge < -0.3 is 16.2 Å². The van der Waals surface area contributed by atoms with Crippen LogP contribution in [0.15, 0.2) is 108 Å². The fraction of sp³-hybridized carbons (Fsp3) is 0.121. The first-order chi connectivity index (χ1) is 19.8. The third-order valence-corrected chi connectivity index (χ3v) is 6.44. The van der Waals surface area contributed by atoms with E-state index in [-0.39, 0.29) is 41.6 Å². The highest BCUT2D eigenvalue weighted by Crippen LogP contribution is 2.32. The summed E-state index contributed by atoms with van der Waals surface area (Å²) in [4.78, 5) is 56.6. The number of nitrogens with two attached hydrogens (primary N) is 2. The van der Waals surface area contributed by atoms with Crippen molar-refractivity contribution in [2.24, 2.45) is 16.5 Å². The molecule has 0 aromatic heterocycles. The molecule has 4 rings (SSSR count). The summed E-state index contributed by atoms with van der Waals surface area (Å²) in [6.45, 7) is 1.58. The molecule has 4 N–H and O–H groups in total. The lowest BCUT2D eigenvalue weighted by atomic mass is 9.86. The quantitative estimate of drug-likeness (QED) is 0.0949. The molecule has 4 aromatic rings. The van der Waals surface area contributed by atoms with E-state index in [1.165, 1.54) is 0 Å². The number of rotatable bonds is 10. The van der Waals surface area contributed by atoms with Crippen LogP contribution in [-0.4, -0.2) is 29.5 Å². The van der Waals surface area contributed by atoms with Crippen molar-refractivity contribution in [3.05, 3.63) is 137 Å². The largest absolute Gasteiger partial charge is 0.393 e. The summed E-state index contributed by atoms with van der Waals surface area (Å²) in [5, 5.41) is 0. The molecule has 0 radical (unpaired) electrons. The number of guanidine groups is 1. The minimum Gasteiger partial charge on any atom is -0.393 e. The molecule has 0 heterocycles. The molecule has 41 heavy (non-hydrogen) atoms. The number of ether oxygens (including phenoxy) is 1. The summed E-state index contributed by atoms with van der Waals surface area (Å²) in [5.41, 5.74) is 13.9. The Morgan fingerprint density at radius 3 is 1.93 bits per heavy atom. The Morgan fingerprint density at radius 2 is 1.32 bits per heavy atom. The predicted molar refractivity (Wildman–Crippen MR) is 156 cm³/mol. The van der Waals surface area contributed by atoms with Gasteiger partial charge in [-0.05, 0) is 29.7 Å². The van der Waals surface area contributed by atoms with Gasteiger partial charge in [0.2, 0.25) is 0 Å². The molecule has 206 valence electrons. The first-order valence-electron chi connectivity index (χ1n) is 13.0. The second-order valence-corrected chi connectivity index (χ2v) is 9.27. The van der Waals surface area contributed by atoms with Gasteiger partial charge in [-0.25, -0.2) is 4.99 Å². The third kappa shape index (κ3) is 6.99. The minimum absolute atomic E-state index is 0.00269. The van der Waals surface area contributed by atoms with Gasteiger partial charge in [-0.3, -0.25) is 19.2 Å². The number of esters is 2. The van der Waals surface area contributed by atoms with E-state index >= 15 is 0 Å². The topological polar surface area (TPSA) is 142 Å². The lowest BCUT2D eigenvalue weighted by Crippen LogP contribution is -2.23. The van der Waals surface area contributed by atoms with E-state index in [0.29, 0.717) is 27.8 Å². The van der Waals surface area contributed by atoms with Crippen LogP contribution in [-0.2, 0) is 20.7 Å². The molecule has 0 aliphatic heterocycles. The molecule has 1 unspecified atom stereocenters. The van der Waals surface area contributed by atoms with E-state index in [1.807, 2.05) is 6.07 Å². The molecule has 0 fully saturated rings. The summed E-state index contributed by atoms with van der Waals surface area (Å²) in [6, 6.07) is 29.0. The van der Waals surface area contributed by atoms with Crippen LogP contribution in [0.3, 0.4) is 0 Å². The Kier molecular flexibility index (Phi) is 9.16. The fourth-order valence-corrected chi connectivity index (χ4v) is 4.45. The zero-order valence-corrected chi connectivity index (χ0v) is 22.4. The lowest BCUT2D eigenvalue weighted by molar-refractivity contribution is -0.160. The molecule has 0 aliphatic carbocycles. The number of hydrogen-bond donors (Lipinski definition) is 2. The molecule has 0 saturated carbocycles. The van der Waals surface area contributed by atoms with Crippen molar-refractivity contribution < 1.29 is 23.9 Å². The van der Waals surface area contributed by atoms with Crippen LogP contribution in [0.25, 0.3) is 0 Å². The molecular formula is C33H29N3O5. The third-order valence-electron chi connectivity index (χ3n) is 6.44. The maximum atomic E-state index is 13.7. The summed E-state index contributed by atoms with van der Waals surface area (Å²) < 4.78 is 5.14. The molecule has 0 aliphatic rings. The first kappa shape index (κ1) is 28.6. The van der Waals surface area contributed by atoms with Crippen LogP contribution in [0, 0.1) is 0 Å². The van der Waals surface area contributed by atoms with Crippen molar-refractivity contribution in [3.63, 3.8) is 0 Å². The minimum atomic E-state index is -1.02. The Bertz CT molecular complexity index is 1610.